The summed E-state index contributed by atoms with van der Waals surface area (Å²) in [6.07, 6.45) is 0. The molecule has 3 aromatic carbocycles. The van der Waals surface area contributed by atoms with E-state index in [9.17, 15) is 5.11 Å². The summed E-state index contributed by atoms with van der Waals surface area (Å²) in [5.74, 6) is 0.141. The van der Waals surface area contributed by atoms with Crippen molar-refractivity contribution in [3.63, 3.8) is 0 Å². The molecule has 0 aromatic heterocycles. The number of aromatic hydroxyl groups is 1. The number of nitrogens with two attached hydrogens (primary N) is 1. The van der Waals surface area contributed by atoms with Gasteiger partial charge < -0.3 is 10.8 Å². The lowest BCUT2D eigenvalue weighted by Crippen LogP contribution is -1.85. The lowest BCUT2D eigenvalue weighted by molar-refractivity contribution is 0.479. The molecule has 3 rings (SSSR count). The van der Waals surface area contributed by atoms with E-state index in [0.29, 0.717) is 5.69 Å². The molecule has 0 unspecified atom stereocenters. The SMILES string of the molecule is Nc1cc2cc3ccccc3cc2cc1O. The van der Waals surface area contributed by atoms with Crippen molar-refractivity contribution < 1.29 is 5.11 Å². The van der Waals surface area contributed by atoms with Gasteiger partial charge in [-0.1, -0.05) is 24.3 Å². The third-order valence-electron chi connectivity index (χ3n) is 2.85. The minimum absolute atomic E-state index is 0.141. The van der Waals surface area contributed by atoms with E-state index >= 15 is 0 Å². The third kappa shape index (κ3) is 1.27. The van der Waals surface area contributed by atoms with Crippen molar-refractivity contribution in [1.29, 1.82) is 0 Å². The van der Waals surface area contributed by atoms with Gasteiger partial charge in [-0.05, 0) is 45.8 Å². The van der Waals surface area contributed by atoms with Gasteiger partial charge in [-0.25, -0.2) is 0 Å². The smallest absolute Gasteiger partial charge is 0.139 e. The Labute approximate surface area is 92.9 Å². The first-order valence-electron chi connectivity index (χ1n) is 5.15. The largest absolute Gasteiger partial charge is 0.506 e. The first kappa shape index (κ1) is 9.04. The molecular formula is C14H11NO. The molecule has 0 amide bonds. The van der Waals surface area contributed by atoms with Crippen LogP contribution >= 0.6 is 0 Å². The normalized spacial score (nSPS) is 11.0. The van der Waals surface area contributed by atoms with E-state index in [2.05, 4.69) is 24.3 Å². The Morgan fingerprint density at radius 1 is 0.750 bits per heavy atom. The molecule has 2 nitrogen and oxygen atoms in total. The molecule has 0 saturated carbocycles. The van der Waals surface area contributed by atoms with Crippen LogP contribution in [-0.2, 0) is 0 Å². The summed E-state index contributed by atoms with van der Waals surface area (Å²) in [6.45, 7) is 0. The van der Waals surface area contributed by atoms with E-state index in [1.807, 2.05) is 12.1 Å². The highest BCUT2D eigenvalue weighted by Crippen LogP contribution is 2.29. The number of hydrogen-bond donors (Lipinski definition) is 2. The molecule has 2 heteroatoms. The summed E-state index contributed by atoms with van der Waals surface area (Å²) in [5.41, 5.74) is 6.10. The molecule has 0 fully saturated rings. The average Bonchev–Trinajstić information content (AvgIpc) is 2.28. The molecule has 0 bridgehead atoms. The zero-order valence-corrected chi connectivity index (χ0v) is 8.64. The molecular weight excluding hydrogens is 198 g/mol. The minimum atomic E-state index is 0.141. The van der Waals surface area contributed by atoms with Gasteiger partial charge in [0.2, 0.25) is 0 Å². The fraction of sp³-hybridized carbons (Fsp3) is 0. The van der Waals surface area contributed by atoms with Crippen LogP contribution < -0.4 is 5.73 Å². The highest BCUT2D eigenvalue weighted by Gasteiger charge is 2.02. The Bertz CT molecular complexity index is 629. The molecule has 78 valence electrons. The Balaban J connectivity index is 2.46. The van der Waals surface area contributed by atoms with Gasteiger partial charge in [-0.15, -0.1) is 0 Å². The predicted octanol–water partition coefficient (Wildman–Crippen LogP) is 3.28. The Kier molecular flexibility index (Phi) is 1.77. The maximum Gasteiger partial charge on any atom is 0.139 e. The van der Waals surface area contributed by atoms with Crippen LogP contribution in [-0.4, -0.2) is 5.11 Å². The molecule has 0 aliphatic carbocycles. The first-order chi connectivity index (χ1) is 7.74. The summed E-state index contributed by atoms with van der Waals surface area (Å²) < 4.78 is 0. The van der Waals surface area contributed by atoms with Crippen molar-refractivity contribution in [1.82, 2.24) is 0 Å². The second-order valence-electron chi connectivity index (χ2n) is 3.96. The first-order valence-corrected chi connectivity index (χ1v) is 5.15. The maximum atomic E-state index is 9.56. The number of nitrogen functional groups attached to an aromatic ring is 1. The molecule has 0 atom stereocenters. The second-order valence-corrected chi connectivity index (χ2v) is 3.96. The molecule has 0 aliphatic heterocycles. The standard InChI is InChI=1S/C14H11NO/c15-13-7-11-5-9-3-1-2-4-10(9)6-12(11)8-14(13)16/h1-8,16H,15H2. The van der Waals surface area contributed by atoms with Gasteiger partial charge in [0.25, 0.3) is 0 Å². The Hall–Kier alpha value is -2.22. The molecule has 0 radical (unpaired) electrons. The Morgan fingerprint density at radius 2 is 1.31 bits per heavy atom. The van der Waals surface area contributed by atoms with Gasteiger partial charge in [0.15, 0.2) is 0 Å². The summed E-state index contributed by atoms with van der Waals surface area (Å²) >= 11 is 0. The highest BCUT2D eigenvalue weighted by molar-refractivity contribution is 6.00. The Morgan fingerprint density at radius 3 is 1.94 bits per heavy atom. The molecule has 16 heavy (non-hydrogen) atoms. The highest BCUT2D eigenvalue weighted by atomic mass is 16.3. The van der Waals surface area contributed by atoms with Gasteiger partial charge in [-0.2, -0.15) is 0 Å². The fourth-order valence-corrected chi connectivity index (χ4v) is 2.00. The molecule has 3 N–H and O–H groups in total. The number of phenols is 1. The van der Waals surface area contributed by atoms with Crippen molar-refractivity contribution in [3.05, 3.63) is 48.5 Å². The summed E-state index contributed by atoms with van der Waals surface area (Å²) in [4.78, 5) is 0. The van der Waals surface area contributed by atoms with Gasteiger partial charge in [-0.3, -0.25) is 0 Å². The zero-order chi connectivity index (χ0) is 11.1. The number of fused-ring (bicyclic) bond motifs is 2. The van der Waals surface area contributed by atoms with Crippen LogP contribution in [0.15, 0.2) is 48.5 Å². The van der Waals surface area contributed by atoms with Crippen LogP contribution in [0.3, 0.4) is 0 Å². The number of hydrogen-bond acceptors (Lipinski definition) is 2. The second kappa shape index (κ2) is 3.14. The van der Waals surface area contributed by atoms with E-state index in [1.165, 1.54) is 10.8 Å². The minimum Gasteiger partial charge on any atom is -0.506 e. The summed E-state index contributed by atoms with van der Waals surface area (Å²) in [5, 5.41) is 14.0. The van der Waals surface area contributed by atoms with Crippen molar-refractivity contribution in [2.24, 2.45) is 0 Å². The van der Waals surface area contributed by atoms with Crippen molar-refractivity contribution in [3.8, 4) is 5.75 Å². The van der Waals surface area contributed by atoms with E-state index in [4.69, 9.17) is 5.73 Å². The van der Waals surface area contributed by atoms with E-state index in [1.54, 1.807) is 12.1 Å². The van der Waals surface area contributed by atoms with E-state index in [0.717, 1.165) is 10.8 Å². The number of anilines is 1. The molecule has 0 aliphatic rings. The summed E-state index contributed by atoms with van der Waals surface area (Å²) in [7, 11) is 0. The van der Waals surface area contributed by atoms with Crippen LogP contribution in [0.2, 0.25) is 0 Å². The van der Waals surface area contributed by atoms with Crippen molar-refractivity contribution in [2.45, 2.75) is 0 Å². The summed E-state index contributed by atoms with van der Waals surface area (Å²) in [6, 6.07) is 15.8. The molecule has 0 heterocycles. The maximum absolute atomic E-state index is 9.56. The van der Waals surface area contributed by atoms with Crippen LogP contribution in [0, 0.1) is 0 Å². The number of phenolic OH excluding ortho intramolecular Hbond substituents is 1. The molecule has 0 spiro atoms. The van der Waals surface area contributed by atoms with E-state index < -0.39 is 0 Å². The van der Waals surface area contributed by atoms with Crippen LogP contribution in [0.5, 0.6) is 5.75 Å². The quantitative estimate of drug-likeness (QED) is 0.339. The zero-order valence-electron chi connectivity index (χ0n) is 8.64. The van der Waals surface area contributed by atoms with Gasteiger partial charge in [0, 0.05) is 0 Å². The molecule has 3 aromatic rings. The third-order valence-corrected chi connectivity index (χ3v) is 2.85. The molecule has 0 saturated heterocycles. The lowest BCUT2D eigenvalue weighted by atomic mass is 10.0. The van der Waals surface area contributed by atoms with Gasteiger partial charge in [0.1, 0.15) is 5.75 Å². The fourth-order valence-electron chi connectivity index (χ4n) is 2.00. The topological polar surface area (TPSA) is 46.2 Å². The average molecular weight is 209 g/mol. The van der Waals surface area contributed by atoms with Gasteiger partial charge >= 0.3 is 0 Å². The monoisotopic (exact) mass is 209 g/mol. The lowest BCUT2D eigenvalue weighted by Gasteiger charge is -2.05. The predicted molar refractivity (Wildman–Crippen MR) is 67.5 cm³/mol. The van der Waals surface area contributed by atoms with Crippen molar-refractivity contribution >= 4 is 27.2 Å². The van der Waals surface area contributed by atoms with Gasteiger partial charge in [0.05, 0.1) is 5.69 Å². The van der Waals surface area contributed by atoms with Crippen LogP contribution in [0.4, 0.5) is 5.69 Å². The van der Waals surface area contributed by atoms with Crippen molar-refractivity contribution in [2.75, 3.05) is 5.73 Å². The number of rotatable bonds is 0. The number of benzene rings is 3. The van der Waals surface area contributed by atoms with E-state index in [-0.39, 0.29) is 5.75 Å². The van der Waals surface area contributed by atoms with Crippen LogP contribution in [0.1, 0.15) is 0 Å². The van der Waals surface area contributed by atoms with Crippen LogP contribution in [0.25, 0.3) is 21.5 Å².